The fourth-order valence-corrected chi connectivity index (χ4v) is 7.00. The van der Waals surface area contributed by atoms with Crippen molar-refractivity contribution in [1.82, 2.24) is 10.6 Å². The Bertz CT molecular complexity index is 2410. The van der Waals surface area contributed by atoms with Gasteiger partial charge in [0, 0.05) is 21.9 Å². The molecule has 1 aromatic heterocycles. The van der Waals surface area contributed by atoms with E-state index >= 15 is 0 Å². The van der Waals surface area contributed by atoms with Crippen LogP contribution in [0.3, 0.4) is 0 Å². The molecule has 2 N–H and O–H groups in total. The molecule has 0 radical (unpaired) electrons. The van der Waals surface area contributed by atoms with Crippen LogP contribution in [0.1, 0.15) is 28.9 Å². The Hall–Kier alpha value is -5.90. The lowest BCUT2D eigenvalue weighted by molar-refractivity contribution is 0.443. The van der Waals surface area contributed by atoms with Crippen molar-refractivity contribution in [2.75, 3.05) is 0 Å². The molecule has 2 atom stereocenters. The molecule has 0 spiro atoms. The van der Waals surface area contributed by atoms with Crippen LogP contribution in [0.5, 0.6) is 0 Å². The maximum absolute atomic E-state index is 6.66. The average molecular weight is 605 g/mol. The Morgan fingerprint density at radius 2 is 1.09 bits per heavy atom. The number of furan rings is 1. The minimum absolute atomic E-state index is 0.0208. The van der Waals surface area contributed by atoms with Crippen LogP contribution in [0.25, 0.3) is 60.7 Å². The van der Waals surface area contributed by atoms with Crippen molar-refractivity contribution in [2.24, 2.45) is 0 Å². The molecule has 1 aliphatic rings. The third-order valence-electron chi connectivity index (χ3n) is 9.34. The van der Waals surface area contributed by atoms with Gasteiger partial charge in [0.2, 0.25) is 0 Å². The van der Waals surface area contributed by atoms with E-state index in [1.165, 1.54) is 33.2 Å². The van der Waals surface area contributed by atoms with Crippen LogP contribution < -0.4 is 10.6 Å². The van der Waals surface area contributed by atoms with E-state index in [1.807, 2.05) is 0 Å². The standard InChI is InChI=1S/C44H32N2O/c1-4-13-29(14-5-1)38-27-39-36-24-23-33(26-42(36)47-43(39)37-22-11-10-21-35(37)38)32-19-12-20-34(25-32)41-28-40(30-15-6-2-7-16-30)45-44(46-41)31-17-8-3-9-18-31/h1-28,41,44-46H. The van der Waals surface area contributed by atoms with E-state index in [4.69, 9.17) is 4.42 Å². The largest absolute Gasteiger partial charge is 0.455 e. The Balaban J connectivity index is 1.12. The van der Waals surface area contributed by atoms with Gasteiger partial charge in [-0.1, -0.05) is 140 Å². The molecule has 2 unspecified atom stereocenters. The van der Waals surface area contributed by atoms with Crippen molar-refractivity contribution in [3.63, 3.8) is 0 Å². The van der Waals surface area contributed by atoms with Crippen LogP contribution in [0.4, 0.5) is 0 Å². The van der Waals surface area contributed by atoms with E-state index in [2.05, 4.69) is 181 Å². The number of benzene rings is 7. The summed E-state index contributed by atoms with van der Waals surface area (Å²) < 4.78 is 6.66. The fourth-order valence-electron chi connectivity index (χ4n) is 7.00. The highest BCUT2D eigenvalue weighted by atomic mass is 16.3. The summed E-state index contributed by atoms with van der Waals surface area (Å²) >= 11 is 0. The maximum Gasteiger partial charge on any atom is 0.143 e. The Morgan fingerprint density at radius 3 is 1.87 bits per heavy atom. The Morgan fingerprint density at radius 1 is 0.447 bits per heavy atom. The lowest BCUT2D eigenvalue weighted by Crippen LogP contribution is -2.39. The number of nitrogens with one attached hydrogen (secondary N) is 2. The molecule has 0 saturated carbocycles. The van der Waals surface area contributed by atoms with E-state index in [0.29, 0.717) is 0 Å². The predicted octanol–water partition coefficient (Wildman–Crippen LogP) is 11.0. The van der Waals surface area contributed by atoms with E-state index < -0.39 is 0 Å². The predicted molar refractivity (Wildman–Crippen MR) is 195 cm³/mol. The minimum atomic E-state index is -0.0208. The zero-order chi connectivity index (χ0) is 31.2. The van der Waals surface area contributed by atoms with Gasteiger partial charge in [0.1, 0.15) is 17.3 Å². The Kier molecular flexibility index (Phi) is 6.69. The highest BCUT2D eigenvalue weighted by molar-refractivity contribution is 6.19. The van der Waals surface area contributed by atoms with Crippen molar-refractivity contribution >= 4 is 38.4 Å². The monoisotopic (exact) mass is 604 g/mol. The summed E-state index contributed by atoms with van der Waals surface area (Å²) in [5, 5.41) is 12.2. The zero-order valence-electron chi connectivity index (χ0n) is 25.7. The number of rotatable bonds is 5. The van der Waals surface area contributed by atoms with Gasteiger partial charge in [-0.05, 0) is 74.7 Å². The van der Waals surface area contributed by atoms with Gasteiger partial charge in [-0.25, -0.2) is 0 Å². The fraction of sp³-hybridized carbons (Fsp3) is 0.0455. The molecule has 3 nitrogen and oxygen atoms in total. The first-order valence-corrected chi connectivity index (χ1v) is 16.2. The summed E-state index contributed by atoms with van der Waals surface area (Å²) in [6.07, 6.45) is 2.28. The molecular formula is C44H32N2O. The topological polar surface area (TPSA) is 37.2 Å². The normalized spacial score (nSPS) is 16.3. The van der Waals surface area contributed by atoms with Gasteiger partial charge in [-0.2, -0.15) is 0 Å². The molecule has 1 aliphatic heterocycles. The van der Waals surface area contributed by atoms with Crippen molar-refractivity contribution < 1.29 is 4.42 Å². The van der Waals surface area contributed by atoms with E-state index in [1.54, 1.807) is 0 Å². The second-order valence-corrected chi connectivity index (χ2v) is 12.2. The van der Waals surface area contributed by atoms with Crippen molar-refractivity contribution in [2.45, 2.75) is 12.2 Å². The van der Waals surface area contributed by atoms with Crippen LogP contribution in [-0.4, -0.2) is 0 Å². The molecule has 0 bridgehead atoms. The lowest BCUT2D eigenvalue weighted by atomic mass is 9.94. The molecule has 224 valence electrons. The minimum Gasteiger partial charge on any atom is -0.455 e. The maximum atomic E-state index is 6.66. The van der Waals surface area contributed by atoms with Gasteiger partial charge in [0.15, 0.2) is 0 Å². The highest BCUT2D eigenvalue weighted by Gasteiger charge is 2.24. The quantitative estimate of drug-likeness (QED) is 0.205. The summed E-state index contributed by atoms with van der Waals surface area (Å²) in [4.78, 5) is 0. The van der Waals surface area contributed by atoms with Gasteiger partial charge >= 0.3 is 0 Å². The van der Waals surface area contributed by atoms with Gasteiger partial charge in [-0.3, -0.25) is 5.32 Å². The van der Waals surface area contributed by atoms with Crippen LogP contribution in [0.15, 0.2) is 174 Å². The van der Waals surface area contributed by atoms with E-state index in [9.17, 15) is 0 Å². The molecule has 0 aliphatic carbocycles. The number of hydrogen-bond acceptors (Lipinski definition) is 3. The highest BCUT2D eigenvalue weighted by Crippen LogP contribution is 2.41. The first-order valence-electron chi connectivity index (χ1n) is 16.2. The Labute approximate surface area is 273 Å². The SMILES string of the molecule is C1=C(c2ccccc2)NC(c2ccccc2)NC1c1cccc(-c2ccc3c(c2)oc2c4ccccc4c(-c4ccccc4)cc32)c1. The summed E-state index contributed by atoms with van der Waals surface area (Å²) in [6, 6.07) is 58.1. The van der Waals surface area contributed by atoms with Gasteiger partial charge in [0.25, 0.3) is 0 Å². The number of fused-ring (bicyclic) bond motifs is 5. The third-order valence-corrected chi connectivity index (χ3v) is 9.34. The average Bonchev–Trinajstić information content (AvgIpc) is 3.53. The lowest BCUT2D eigenvalue weighted by Gasteiger charge is -2.33. The third kappa shape index (κ3) is 4.98. The van der Waals surface area contributed by atoms with Crippen LogP contribution >= 0.6 is 0 Å². The molecule has 9 rings (SSSR count). The zero-order valence-corrected chi connectivity index (χ0v) is 25.7. The molecule has 7 aromatic carbocycles. The van der Waals surface area contributed by atoms with E-state index in [0.717, 1.165) is 44.1 Å². The van der Waals surface area contributed by atoms with Crippen molar-refractivity contribution in [3.05, 3.63) is 187 Å². The first kappa shape index (κ1) is 27.4. The van der Waals surface area contributed by atoms with Crippen LogP contribution in [-0.2, 0) is 0 Å². The second-order valence-electron chi connectivity index (χ2n) is 12.2. The summed E-state index contributed by atoms with van der Waals surface area (Å²) in [5.74, 6) is 0. The van der Waals surface area contributed by atoms with Gasteiger partial charge < -0.3 is 9.73 Å². The molecule has 0 amide bonds. The molecule has 3 heteroatoms. The number of hydrogen-bond donors (Lipinski definition) is 2. The first-order chi connectivity index (χ1) is 23.3. The van der Waals surface area contributed by atoms with Crippen LogP contribution in [0.2, 0.25) is 0 Å². The molecule has 0 fully saturated rings. The molecule has 8 aromatic rings. The van der Waals surface area contributed by atoms with Gasteiger partial charge in [0.05, 0.1) is 6.04 Å². The van der Waals surface area contributed by atoms with Crippen molar-refractivity contribution in [1.29, 1.82) is 0 Å². The summed E-state index contributed by atoms with van der Waals surface area (Å²) in [7, 11) is 0. The van der Waals surface area contributed by atoms with E-state index in [-0.39, 0.29) is 12.2 Å². The van der Waals surface area contributed by atoms with Gasteiger partial charge in [-0.15, -0.1) is 0 Å². The van der Waals surface area contributed by atoms with Crippen molar-refractivity contribution in [3.8, 4) is 22.3 Å². The summed E-state index contributed by atoms with van der Waals surface area (Å²) in [6.45, 7) is 0. The molecule has 2 heterocycles. The molecule has 47 heavy (non-hydrogen) atoms. The smallest absolute Gasteiger partial charge is 0.143 e. The molecular weight excluding hydrogens is 572 g/mol. The molecule has 0 saturated heterocycles. The summed E-state index contributed by atoms with van der Waals surface area (Å²) in [5.41, 5.74) is 11.3. The second kappa shape index (κ2) is 11.5. The van der Waals surface area contributed by atoms with Crippen LogP contribution in [0, 0.1) is 0 Å².